The highest BCUT2D eigenvalue weighted by Crippen LogP contribution is 2.14. The summed E-state index contributed by atoms with van der Waals surface area (Å²) in [5, 5.41) is 0. The molecular weight excluding hydrogens is 297 g/mol. The van der Waals surface area contributed by atoms with Gasteiger partial charge in [-0.2, -0.15) is 0 Å². The van der Waals surface area contributed by atoms with E-state index in [2.05, 4.69) is 0 Å². The number of anilines is 1. The Hall–Kier alpha value is -2.69. The number of esters is 1. The van der Waals surface area contributed by atoms with Crippen LogP contribution < -0.4 is 4.90 Å². The Labute approximate surface area is 134 Å². The smallest absolute Gasteiger partial charge is 0.338 e. The summed E-state index contributed by atoms with van der Waals surface area (Å²) in [6.45, 7) is 3.37. The molecule has 0 aliphatic rings. The zero-order valence-electron chi connectivity index (χ0n) is 13.3. The van der Waals surface area contributed by atoms with Crippen molar-refractivity contribution in [1.29, 1.82) is 0 Å². The molecule has 2 aromatic carbocycles. The monoisotopic (exact) mass is 315 g/mol. The molecule has 0 heterocycles. The predicted molar refractivity (Wildman–Crippen MR) is 86.0 cm³/mol. The Morgan fingerprint density at radius 3 is 2.35 bits per heavy atom. The molecule has 0 unspecified atom stereocenters. The molecule has 23 heavy (non-hydrogen) atoms. The molecule has 0 saturated carbocycles. The number of ether oxygens (including phenoxy) is 1. The van der Waals surface area contributed by atoms with E-state index in [1.807, 2.05) is 26.0 Å². The quantitative estimate of drug-likeness (QED) is 0.814. The Balaban J connectivity index is 1.98. The largest absolute Gasteiger partial charge is 0.452 e. The number of benzene rings is 2. The maximum Gasteiger partial charge on any atom is 0.338 e. The van der Waals surface area contributed by atoms with Crippen LogP contribution in [-0.4, -0.2) is 25.5 Å². The lowest BCUT2D eigenvalue weighted by Crippen LogP contribution is -2.31. The Bertz CT molecular complexity index is 726. The molecule has 0 radical (unpaired) electrons. The first kappa shape index (κ1) is 16.7. The Morgan fingerprint density at radius 2 is 1.74 bits per heavy atom. The van der Waals surface area contributed by atoms with E-state index in [1.165, 1.54) is 29.2 Å². The van der Waals surface area contributed by atoms with Gasteiger partial charge in [-0.3, -0.25) is 4.79 Å². The fourth-order valence-electron chi connectivity index (χ4n) is 2.15. The van der Waals surface area contributed by atoms with E-state index in [4.69, 9.17) is 4.74 Å². The van der Waals surface area contributed by atoms with Crippen molar-refractivity contribution in [2.75, 3.05) is 18.6 Å². The topological polar surface area (TPSA) is 46.6 Å². The highest BCUT2D eigenvalue weighted by atomic mass is 19.1. The van der Waals surface area contributed by atoms with Gasteiger partial charge in [-0.05, 0) is 49.7 Å². The molecule has 0 saturated heterocycles. The van der Waals surface area contributed by atoms with E-state index in [0.29, 0.717) is 11.3 Å². The van der Waals surface area contributed by atoms with Crippen LogP contribution in [0.3, 0.4) is 0 Å². The second-order valence-electron chi connectivity index (χ2n) is 5.32. The molecule has 120 valence electrons. The van der Waals surface area contributed by atoms with Crippen LogP contribution in [0.15, 0.2) is 42.5 Å². The highest BCUT2D eigenvalue weighted by Gasteiger charge is 2.16. The van der Waals surface area contributed by atoms with Crippen molar-refractivity contribution in [2.45, 2.75) is 13.8 Å². The van der Waals surface area contributed by atoms with E-state index < -0.39 is 11.9 Å². The number of amides is 1. The van der Waals surface area contributed by atoms with Gasteiger partial charge in [0.15, 0.2) is 6.61 Å². The minimum Gasteiger partial charge on any atom is -0.452 e. The Morgan fingerprint density at radius 1 is 1.09 bits per heavy atom. The van der Waals surface area contributed by atoms with Gasteiger partial charge >= 0.3 is 5.97 Å². The van der Waals surface area contributed by atoms with Gasteiger partial charge in [0.2, 0.25) is 0 Å². The predicted octanol–water partition coefficient (Wildman–Crippen LogP) is 3.26. The highest BCUT2D eigenvalue weighted by molar-refractivity contribution is 5.97. The van der Waals surface area contributed by atoms with Crippen molar-refractivity contribution in [1.82, 2.24) is 0 Å². The number of hydrogen-bond donors (Lipinski definition) is 0. The van der Waals surface area contributed by atoms with Crippen molar-refractivity contribution in [3.8, 4) is 0 Å². The second-order valence-corrected chi connectivity index (χ2v) is 5.32. The summed E-state index contributed by atoms with van der Waals surface area (Å²) in [5.74, 6) is -1.31. The summed E-state index contributed by atoms with van der Waals surface area (Å²) in [7, 11) is 1.54. The maximum atomic E-state index is 12.9. The van der Waals surface area contributed by atoms with E-state index in [9.17, 15) is 14.0 Å². The molecule has 2 aromatic rings. The standard InChI is InChI=1S/C18H18FNO3/c1-12-4-9-16(13(2)10-12)18(22)23-11-17(21)20(3)15-7-5-14(19)6-8-15/h4-10H,11H2,1-3H3. The summed E-state index contributed by atoms with van der Waals surface area (Å²) >= 11 is 0. The van der Waals surface area contributed by atoms with Gasteiger partial charge in [0.25, 0.3) is 5.91 Å². The fourth-order valence-corrected chi connectivity index (χ4v) is 2.15. The van der Waals surface area contributed by atoms with Crippen LogP contribution >= 0.6 is 0 Å². The first-order valence-electron chi connectivity index (χ1n) is 7.15. The van der Waals surface area contributed by atoms with Gasteiger partial charge in [-0.1, -0.05) is 17.7 Å². The molecule has 0 spiro atoms. The summed E-state index contributed by atoms with van der Waals surface area (Å²) in [6.07, 6.45) is 0. The van der Waals surface area contributed by atoms with Crippen LogP contribution in [0.1, 0.15) is 21.5 Å². The van der Waals surface area contributed by atoms with Gasteiger partial charge in [0.05, 0.1) is 5.56 Å². The molecular formula is C18H18FNO3. The number of rotatable bonds is 4. The van der Waals surface area contributed by atoms with Crippen LogP contribution in [0, 0.1) is 19.7 Å². The van der Waals surface area contributed by atoms with Gasteiger partial charge in [-0.25, -0.2) is 9.18 Å². The molecule has 0 N–H and O–H groups in total. The molecule has 0 aliphatic carbocycles. The zero-order chi connectivity index (χ0) is 17.0. The normalized spacial score (nSPS) is 10.3. The Kier molecular flexibility index (Phi) is 5.11. The number of carbonyl (C=O) groups is 2. The van der Waals surface area contributed by atoms with Crippen molar-refractivity contribution < 1.29 is 18.7 Å². The van der Waals surface area contributed by atoms with Crippen molar-refractivity contribution in [3.05, 3.63) is 65.0 Å². The summed E-state index contributed by atoms with van der Waals surface area (Å²) in [4.78, 5) is 25.4. The molecule has 0 bridgehead atoms. The van der Waals surface area contributed by atoms with Gasteiger partial charge in [0.1, 0.15) is 5.82 Å². The van der Waals surface area contributed by atoms with Gasteiger partial charge < -0.3 is 9.64 Å². The molecule has 1 amide bonds. The van der Waals surface area contributed by atoms with Crippen molar-refractivity contribution in [2.24, 2.45) is 0 Å². The first-order valence-corrected chi connectivity index (χ1v) is 7.15. The van der Waals surface area contributed by atoms with Crippen LogP contribution in [0.2, 0.25) is 0 Å². The number of carbonyl (C=O) groups excluding carboxylic acids is 2. The fraction of sp³-hybridized carbons (Fsp3) is 0.222. The third-order valence-corrected chi connectivity index (χ3v) is 3.52. The zero-order valence-corrected chi connectivity index (χ0v) is 13.3. The van der Waals surface area contributed by atoms with E-state index in [0.717, 1.165) is 11.1 Å². The van der Waals surface area contributed by atoms with E-state index in [1.54, 1.807) is 13.1 Å². The number of likely N-dealkylation sites (N-methyl/N-ethyl adjacent to an activating group) is 1. The van der Waals surface area contributed by atoms with Crippen LogP contribution in [0.5, 0.6) is 0 Å². The minimum absolute atomic E-state index is 0.375. The minimum atomic E-state index is -0.539. The molecule has 4 nitrogen and oxygen atoms in total. The average molecular weight is 315 g/mol. The van der Waals surface area contributed by atoms with Crippen LogP contribution in [-0.2, 0) is 9.53 Å². The summed E-state index contributed by atoms with van der Waals surface area (Å²) in [6, 6.07) is 10.9. The van der Waals surface area contributed by atoms with E-state index >= 15 is 0 Å². The van der Waals surface area contributed by atoms with Gasteiger partial charge in [-0.15, -0.1) is 0 Å². The maximum absolute atomic E-state index is 12.9. The molecule has 5 heteroatoms. The van der Waals surface area contributed by atoms with E-state index in [-0.39, 0.29) is 12.4 Å². The summed E-state index contributed by atoms with van der Waals surface area (Å²) < 4.78 is 18.0. The third-order valence-electron chi connectivity index (χ3n) is 3.52. The molecule has 2 rings (SSSR count). The second kappa shape index (κ2) is 7.05. The SMILES string of the molecule is Cc1ccc(C(=O)OCC(=O)N(C)c2ccc(F)cc2)c(C)c1. The lowest BCUT2D eigenvalue weighted by Gasteiger charge is -2.17. The molecule has 0 fully saturated rings. The van der Waals surface area contributed by atoms with Crippen molar-refractivity contribution >= 4 is 17.6 Å². The van der Waals surface area contributed by atoms with Crippen LogP contribution in [0.25, 0.3) is 0 Å². The van der Waals surface area contributed by atoms with Crippen molar-refractivity contribution in [3.63, 3.8) is 0 Å². The number of aryl methyl sites for hydroxylation is 2. The van der Waals surface area contributed by atoms with Crippen LogP contribution in [0.4, 0.5) is 10.1 Å². The lowest BCUT2D eigenvalue weighted by atomic mass is 10.1. The molecule has 0 aromatic heterocycles. The number of halogens is 1. The third kappa shape index (κ3) is 4.16. The average Bonchev–Trinajstić information content (AvgIpc) is 2.52. The number of hydrogen-bond acceptors (Lipinski definition) is 3. The van der Waals surface area contributed by atoms with Gasteiger partial charge in [0, 0.05) is 12.7 Å². The lowest BCUT2D eigenvalue weighted by molar-refractivity contribution is -0.121. The molecule has 0 aliphatic heterocycles. The summed E-state index contributed by atoms with van der Waals surface area (Å²) in [5.41, 5.74) is 2.81. The number of nitrogens with zero attached hydrogens (tertiary/aromatic N) is 1. The molecule has 0 atom stereocenters. The first-order chi connectivity index (χ1) is 10.9.